The Morgan fingerprint density at radius 2 is 1.77 bits per heavy atom. The van der Waals surface area contributed by atoms with Crippen LogP contribution in [0.1, 0.15) is 57.7 Å². The molecule has 6 nitrogen and oxygen atoms in total. The zero-order valence-electron chi connectivity index (χ0n) is 21.4. The summed E-state index contributed by atoms with van der Waals surface area (Å²) in [5, 5.41) is 11.2. The second-order valence-corrected chi connectivity index (χ2v) is 9.34. The van der Waals surface area contributed by atoms with E-state index in [-0.39, 0.29) is 11.3 Å². The van der Waals surface area contributed by atoms with Crippen molar-refractivity contribution in [3.63, 3.8) is 0 Å². The molecule has 1 saturated heterocycles. The van der Waals surface area contributed by atoms with Crippen molar-refractivity contribution >= 4 is 17.4 Å². The lowest BCUT2D eigenvalue weighted by atomic mass is 9.95. The number of hydrogen-bond acceptors (Lipinski definition) is 5. The van der Waals surface area contributed by atoms with E-state index in [4.69, 9.17) is 4.74 Å². The van der Waals surface area contributed by atoms with Crippen molar-refractivity contribution in [2.75, 3.05) is 32.8 Å². The fraction of sp³-hybridized carbons (Fsp3) is 0.448. The molecule has 1 unspecified atom stereocenters. The summed E-state index contributed by atoms with van der Waals surface area (Å²) in [6.45, 7) is 12.2. The van der Waals surface area contributed by atoms with Gasteiger partial charge in [0.15, 0.2) is 0 Å². The van der Waals surface area contributed by atoms with Gasteiger partial charge in [-0.05, 0) is 56.1 Å². The topological polar surface area (TPSA) is 70.1 Å². The summed E-state index contributed by atoms with van der Waals surface area (Å²) in [7, 11) is 0. The van der Waals surface area contributed by atoms with Crippen molar-refractivity contribution in [3.8, 4) is 5.75 Å². The fourth-order valence-electron chi connectivity index (χ4n) is 4.40. The minimum Gasteiger partial charge on any atom is -0.507 e. The highest BCUT2D eigenvalue weighted by Gasteiger charge is 2.45. The lowest BCUT2D eigenvalue weighted by molar-refractivity contribution is -0.140. The third kappa shape index (κ3) is 6.51. The van der Waals surface area contributed by atoms with Crippen LogP contribution in [-0.4, -0.2) is 59.4 Å². The molecule has 1 aliphatic rings. The van der Waals surface area contributed by atoms with Crippen LogP contribution in [-0.2, 0) is 9.59 Å². The molecule has 188 valence electrons. The number of likely N-dealkylation sites (tertiary alicyclic amines) is 1. The SMILES string of the molecule is CCN(CC)CCCN1C(=O)C(=O)/C(=C(/O)c2ccccc2)C1c1cccc(OCCC(C)C)c1. The Morgan fingerprint density at radius 3 is 2.43 bits per heavy atom. The largest absolute Gasteiger partial charge is 0.507 e. The first kappa shape index (κ1) is 26.5. The molecule has 1 heterocycles. The van der Waals surface area contributed by atoms with E-state index in [0.29, 0.717) is 30.4 Å². The molecule has 6 heteroatoms. The van der Waals surface area contributed by atoms with Crippen LogP contribution in [0.3, 0.4) is 0 Å². The summed E-state index contributed by atoms with van der Waals surface area (Å²) < 4.78 is 5.95. The summed E-state index contributed by atoms with van der Waals surface area (Å²) in [6, 6.07) is 15.8. The third-order valence-corrected chi connectivity index (χ3v) is 6.49. The lowest BCUT2D eigenvalue weighted by Crippen LogP contribution is -2.33. The molecule has 2 aromatic rings. The number of nitrogens with zero attached hydrogens (tertiary/aromatic N) is 2. The van der Waals surface area contributed by atoms with Gasteiger partial charge >= 0.3 is 0 Å². The van der Waals surface area contributed by atoms with E-state index < -0.39 is 17.7 Å². The van der Waals surface area contributed by atoms with E-state index in [1.165, 1.54) is 0 Å². The highest BCUT2D eigenvalue weighted by molar-refractivity contribution is 6.46. The summed E-state index contributed by atoms with van der Waals surface area (Å²) in [4.78, 5) is 30.3. The number of hydrogen-bond donors (Lipinski definition) is 1. The molecule has 1 aliphatic heterocycles. The van der Waals surface area contributed by atoms with Gasteiger partial charge in [0.05, 0.1) is 18.2 Å². The number of aliphatic hydroxyl groups is 1. The quantitative estimate of drug-likeness (QED) is 0.256. The molecular formula is C29H38N2O4. The zero-order chi connectivity index (χ0) is 25.4. The van der Waals surface area contributed by atoms with Gasteiger partial charge in [-0.15, -0.1) is 0 Å². The fourth-order valence-corrected chi connectivity index (χ4v) is 4.40. The summed E-state index contributed by atoms with van der Waals surface area (Å²) in [5.74, 6) is -0.145. The van der Waals surface area contributed by atoms with Crippen molar-refractivity contribution < 1.29 is 19.4 Å². The first-order valence-electron chi connectivity index (χ1n) is 12.7. The number of amides is 1. The smallest absolute Gasteiger partial charge is 0.295 e. The van der Waals surface area contributed by atoms with E-state index in [2.05, 4.69) is 32.6 Å². The zero-order valence-corrected chi connectivity index (χ0v) is 21.4. The van der Waals surface area contributed by atoms with Crippen LogP contribution in [0.25, 0.3) is 5.76 Å². The maximum Gasteiger partial charge on any atom is 0.295 e. The van der Waals surface area contributed by atoms with Crippen molar-refractivity contribution in [3.05, 3.63) is 71.3 Å². The van der Waals surface area contributed by atoms with E-state index in [9.17, 15) is 14.7 Å². The molecule has 1 fully saturated rings. The minimum atomic E-state index is -0.666. The number of carbonyl (C=O) groups excluding carboxylic acids is 2. The van der Waals surface area contributed by atoms with Crippen molar-refractivity contribution in [1.29, 1.82) is 0 Å². The van der Waals surface area contributed by atoms with Crippen molar-refractivity contribution in [2.45, 2.75) is 46.6 Å². The molecular weight excluding hydrogens is 440 g/mol. The van der Waals surface area contributed by atoms with Gasteiger partial charge in [0.2, 0.25) is 0 Å². The molecule has 0 radical (unpaired) electrons. The molecule has 35 heavy (non-hydrogen) atoms. The third-order valence-electron chi connectivity index (χ3n) is 6.49. The number of Topliss-reactive ketones (excluding diaryl/α,β-unsaturated/α-hetero) is 1. The van der Waals surface area contributed by atoms with Gasteiger partial charge in [0.25, 0.3) is 11.7 Å². The first-order chi connectivity index (χ1) is 16.9. The molecule has 0 bridgehead atoms. The Bertz CT molecular complexity index is 1030. The number of aliphatic hydroxyl groups excluding tert-OH is 1. The Labute approximate surface area is 209 Å². The lowest BCUT2D eigenvalue weighted by Gasteiger charge is -2.27. The Kier molecular flexibility index (Phi) is 9.49. The van der Waals surface area contributed by atoms with E-state index in [1.54, 1.807) is 29.2 Å². The number of rotatable bonds is 12. The van der Waals surface area contributed by atoms with Crippen LogP contribution < -0.4 is 4.74 Å². The molecule has 1 atom stereocenters. The van der Waals surface area contributed by atoms with Gasteiger partial charge in [-0.2, -0.15) is 0 Å². The number of ketones is 1. The number of ether oxygens (including phenoxy) is 1. The molecule has 0 aromatic heterocycles. The Hall–Kier alpha value is -3.12. The van der Waals surface area contributed by atoms with Crippen LogP contribution in [0.5, 0.6) is 5.75 Å². The van der Waals surface area contributed by atoms with Gasteiger partial charge in [-0.1, -0.05) is 70.2 Å². The average Bonchev–Trinajstić information content (AvgIpc) is 3.11. The monoisotopic (exact) mass is 478 g/mol. The minimum absolute atomic E-state index is 0.128. The highest BCUT2D eigenvalue weighted by atomic mass is 16.5. The normalized spacial score (nSPS) is 17.5. The van der Waals surface area contributed by atoms with Crippen LogP contribution in [0, 0.1) is 5.92 Å². The van der Waals surface area contributed by atoms with Gasteiger partial charge in [0, 0.05) is 12.1 Å². The second kappa shape index (κ2) is 12.5. The molecule has 0 spiro atoms. The van der Waals surface area contributed by atoms with Gasteiger partial charge in [-0.3, -0.25) is 9.59 Å². The Morgan fingerprint density at radius 1 is 1.06 bits per heavy atom. The van der Waals surface area contributed by atoms with Crippen LogP contribution in [0.2, 0.25) is 0 Å². The molecule has 3 rings (SSSR count). The average molecular weight is 479 g/mol. The highest BCUT2D eigenvalue weighted by Crippen LogP contribution is 2.40. The van der Waals surface area contributed by atoms with Crippen LogP contribution >= 0.6 is 0 Å². The molecule has 1 N–H and O–H groups in total. The predicted molar refractivity (Wildman–Crippen MR) is 139 cm³/mol. The maximum absolute atomic E-state index is 13.2. The van der Waals surface area contributed by atoms with E-state index in [1.807, 2.05) is 30.3 Å². The maximum atomic E-state index is 13.2. The predicted octanol–water partition coefficient (Wildman–Crippen LogP) is 5.27. The van der Waals surface area contributed by atoms with Gasteiger partial charge < -0.3 is 19.6 Å². The standard InChI is InChI=1S/C29H38N2O4/c1-5-30(6-2)17-11-18-31-26(23-14-10-15-24(20-23)35-19-16-21(3)4)25(28(33)29(31)34)27(32)22-12-8-7-9-13-22/h7-10,12-15,20-21,26,32H,5-6,11,16-19H2,1-4H3/b27-25+. The summed E-state index contributed by atoms with van der Waals surface area (Å²) >= 11 is 0. The van der Waals surface area contributed by atoms with Crippen LogP contribution in [0.4, 0.5) is 0 Å². The molecule has 2 aromatic carbocycles. The van der Waals surface area contributed by atoms with E-state index >= 15 is 0 Å². The van der Waals surface area contributed by atoms with Gasteiger partial charge in [0.1, 0.15) is 11.5 Å². The second-order valence-electron chi connectivity index (χ2n) is 9.34. The number of carbonyl (C=O) groups is 2. The van der Waals surface area contributed by atoms with Gasteiger partial charge in [-0.25, -0.2) is 0 Å². The number of benzene rings is 2. The van der Waals surface area contributed by atoms with Crippen molar-refractivity contribution in [2.24, 2.45) is 5.92 Å². The molecule has 0 saturated carbocycles. The first-order valence-corrected chi connectivity index (χ1v) is 12.7. The Balaban J connectivity index is 1.98. The van der Waals surface area contributed by atoms with E-state index in [0.717, 1.165) is 38.0 Å². The van der Waals surface area contributed by atoms with Crippen LogP contribution in [0.15, 0.2) is 60.2 Å². The summed E-state index contributed by atoms with van der Waals surface area (Å²) in [6.07, 6.45) is 1.67. The van der Waals surface area contributed by atoms with Crippen molar-refractivity contribution in [1.82, 2.24) is 9.80 Å². The molecule has 1 amide bonds. The summed E-state index contributed by atoms with van der Waals surface area (Å²) in [5.41, 5.74) is 1.40. The molecule has 0 aliphatic carbocycles.